The van der Waals surface area contributed by atoms with E-state index in [-0.39, 0.29) is 12.7 Å². The summed E-state index contributed by atoms with van der Waals surface area (Å²) in [5, 5.41) is 0. The molecule has 0 aromatic heterocycles. The minimum atomic E-state index is -0.615. The summed E-state index contributed by atoms with van der Waals surface area (Å²) in [5.41, 5.74) is 1.66. The van der Waals surface area contributed by atoms with Gasteiger partial charge in [0.2, 0.25) is 0 Å². The summed E-state index contributed by atoms with van der Waals surface area (Å²) in [7, 11) is 0. The molecule has 0 saturated carbocycles. The molecule has 1 aliphatic heterocycles. The molecule has 1 atom stereocenters. The SMILES string of the molecule is CC(C)(C)OC(=O)NOC[C@H]1COC(C)(C)O1. The lowest BCUT2D eigenvalue weighted by Gasteiger charge is -2.20. The molecular weight excluding hydrogens is 226 g/mol. The number of hydrogen-bond donors (Lipinski definition) is 1. The van der Waals surface area contributed by atoms with Crippen molar-refractivity contribution in [1.29, 1.82) is 0 Å². The molecule has 0 unspecified atom stereocenters. The van der Waals surface area contributed by atoms with Gasteiger partial charge in [-0.3, -0.25) is 4.84 Å². The van der Waals surface area contributed by atoms with Crippen LogP contribution in [0, 0.1) is 0 Å². The summed E-state index contributed by atoms with van der Waals surface area (Å²) in [6.45, 7) is 9.67. The predicted octanol–water partition coefficient (Wildman–Crippen LogP) is 1.59. The van der Waals surface area contributed by atoms with E-state index in [1.807, 2.05) is 13.8 Å². The van der Waals surface area contributed by atoms with E-state index in [1.54, 1.807) is 20.8 Å². The number of carbonyl (C=O) groups is 1. The monoisotopic (exact) mass is 247 g/mol. The number of carbonyl (C=O) groups excluding carboxylic acids is 1. The van der Waals surface area contributed by atoms with Gasteiger partial charge in [0.25, 0.3) is 0 Å². The van der Waals surface area contributed by atoms with Crippen molar-refractivity contribution in [3.05, 3.63) is 0 Å². The summed E-state index contributed by atoms with van der Waals surface area (Å²) < 4.78 is 15.8. The first-order chi connectivity index (χ1) is 7.68. The third-order valence-corrected chi connectivity index (χ3v) is 1.89. The molecule has 1 fully saturated rings. The van der Waals surface area contributed by atoms with Crippen molar-refractivity contribution < 1.29 is 23.8 Å². The first-order valence-electron chi connectivity index (χ1n) is 5.60. The molecule has 1 heterocycles. The Labute approximate surface area is 102 Å². The highest BCUT2D eigenvalue weighted by atomic mass is 16.8. The van der Waals surface area contributed by atoms with Crippen LogP contribution in [0.4, 0.5) is 4.79 Å². The third-order valence-electron chi connectivity index (χ3n) is 1.89. The van der Waals surface area contributed by atoms with Crippen LogP contribution in [0.5, 0.6) is 0 Å². The molecule has 1 rings (SSSR count). The van der Waals surface area contributed by atoms with Crippen LogP contribution in [-0.2, 0) is 19.0 Å². The third kappa shape index (κ3) is 5.86. The normalized spacial score (nSPS) is 23.5. The maximum atomic E-state index is 11.2. The minimum Gasteiger partial charge on any atom is -0.442 e. The quantitative estimate of drug-likeness (QED) is 0.767. The van der Waals surface area contributed by atoms with Crippen molar-refractivity contribution >= 4 is 6.09 Å². The summed E-state index contributed by atoms with van der Waals surface area (Å²) in [5.74, 6) is -0.583. The Morgan fingerprint density at radius 3 is 2.59 bits per heavy atom. The fourth-order valence-electron chi connectivity index (χ4n) is 1.34. The highest BCUT2D eigenvalue weighted by Crippen LogP contribution is 2.22. The second-order valence-corrected chi connectivity index (χ2v) is 5.37. The van der Waals surface area contributed by atoms with Crippen LogP contribution in [0.15, 0.2) is 0 Å². The maximum Gasteiger partial charge on any atom is 0.431 e. The summed E-state index contributed by atoms with van der Waals surface area (Å²) in [6, 6.07) is 0. The highest BCUT2D eigenvalue weighted by molar-refractivity contribution is 5.66. The van der Waals surface area contributed by atoms with E-state index in [1.165, 1.54) is 0 Å². The van der Waals surface area contributed by atoms with Gasteiger partial charge in [0.15, 0.2) is 5.79 Å². The molecule has 6 nitrogen and oxygen atoms in total. The lowest BCUT2D eigenvalue weighted by atomic mass is 10.2. The molecule has 1 aliphatic rings. The van der Waals surface area contributed by atoms with Crippen molar-refractivity contribution in [3.63, 3.8) is 0 Å². The van der Waals surface area contributed by atoms with Gasteiger partial charge < -0.3 is 14.2 Å². The molecule has 0 spiro atoms. The first kappa shape index (κ1) is 14.2. The van der Waals surface area contributed by atoms with Crippen molar-refractivity contribution in [2.75, 3.05) is 13.2 Å². The molecule has 1 N–H and O–H groups in total. The maximum absolute atomic E-state index is 11.2. The molecule has 17 heavy (non-hydrogen) atoms. The van der Waals surface area contributed by atoms with Crippen LogP contribution in [-0.4, -0.2) is 36.8 Å². The molecule has 0 aromatic rings. The average Bonchev–Trinajstić information content (AvgIpc) is 2.42. The van der Waals surface area contributed by atoms with Crippen molar-refractivity contribution in [3.8, 4) is 0 Å². The number of rotatable bonds is 3. The summed E-state index contributed by atoms with van der Waals surface area (Å²) in [6.07, 6.45) is -0.796. The van der Waals surface area contributed by atoms with Crippen LogP contribution in [0.2, 0.25) is 0 Å². The Morgan fingerprint density at radius 2 is 2.12 bits per heavy atom. The van der Waals surface area contributed by atoms with E-state index in [4.69, 9.17) is 19.0 Å². The Hall–Kier alpha value is -0.850. The molecule has 0 bridgehead atoms. The zero-order valence-electron chi connectivity index (χ0n) is 11.0. The Morgan fingerprint density at radius 1 is 1.47 bits per heavy atom. The van der Waals surface area contributed by atoms with Gasteiger partial charge in [-0.15, -0.1) is 0 Å². The molecule has 0 aliphatic carbocycles. The lowest BCUT2D eigenvalue weighted by molar-refractivity contribution is -0.148. The standard InChI is InChI=1S/C11H21NO5/c1-10(2,3)17-9(13)12-15-7-8-6-14-11(4,5)16-8/h8H,6-7H2,1-5H3,(H,12,13)/t8-/m1/s1. The molecule has 0 radical (unpaired) electrons. The molecule has 100 valence electrons. The summed E-state index contributed by atoms with van der Waals surface area (Å²) >= 11 is 0. The molecular formula is C11H21NO5. The van der Waals surface area contributed by atoms with Crippen LogP contribution in [0.3, 0.4) is 0 Å². The highest BCUT2D eigenvalue weighted by Gasteiger charge is 2.32. The number of hydroxylamine groups is 1. The Bertz CT molecular complexity index is 272. The number of hydrogen-bond acceptors (Lipinski definition) is 5. The van der Waals surface area contributed by atoms with Crippen molar-refractivity contribution in [2.45, 2.75) is 52.1 Å². The van der Waals surface area contributed by atoms with Gasteiger partial charge in [0.05, 0.1) is 6.61 Å². The number of ether oxygens (including phenoxy) is 3. The second kappa shape index (κ2) is 5.20. The largest absolute Gasteiger partial charge is 0.442 e. The van der Waals surface area contributed by atoms with Gasteiger partial charge >= 0.3 is 6.09 Å². The molecule has 1 amide bonds. The van der Waals surface area contributed by atoms with E-state index in [9.17, 15) is 4.79 Å². The summed E-state index contributed by atoms with van der Waals surface area (Å²) in [4.78, 5) is 16.2. The van der Waals surface area contributed by atoms with Crippen LogP contribution in [0.1, 0.15) is 34.6 Å². The van der Waals surface area contributed by atoms with Gasteiger partial charge in [0, 0.05) is 0 Å². The zero-order valence-corrected chi connectivity index (χ0v) is 11.0. The van der Waals surface area contributed by atoms with Crippen LogP contribution < -0.4 is 5.48 Å². The molecule has 6 heteroatoms. The minimum absolute atomic E-state index is 0.181. The first-order valence-corrected chi connectivity index (χ1v) is 5.60. The van der Waals surface area contributed by atoms with E-state index in [2.05, 4.69) is 5.48 Å². The number of amides is 1. The van der Waals surface area contributed by atoms with E-state index in [0.717, 1.165) is 0 Å². The predicted molar refractivity (Wildman–Crippen MR) is 60.2 cm³/mol. The van der Waals surface area contributed by atoms with Crippen molar-refractivity contribution in [2.24, 2.45) is 0 Å². The number of nitrogens with one attached hydrogen (secondary N) is 1. The Balaban J connectivity index is 2.15. The topological polar surface area (TPSA) is 66.0 Å². The van der Waals surface area contributed by atoms with Gasteiger partial charge in [-0.2, -0.15) is 5.48 Å². The van der Waals surface area contributed by atoms with E-state index < -0.39 is 17.5 Å². The van der Waals surface area contributed by atoms with Crippen molar-refractivity contribution in [1.82, 2.24) is 5.48 Å². The average molecular weight is 247 g/mol. The Kier molecular flexibility index (Phi) is 4.35. The van der Waals surface area contributed by atoms with Gasteiger partial charge in [-0.1, -0.05) is 0 Å². The van der Waals surface area contributed by atoms with Crippen LogP contribution >= 0.6 is 0 Å². The van der Waals surface area contributed by atoms with Gasteiger partial charge in [-0.25, -0.2) is 4.79 Å². The molecule has 1 saturated heterocycles. The fourth-order valence-corrected chi connectivity index (χ4v) is 1.34. The fraction of sp³-hybridized carbons (Fsp3) is 0.909. The van der Waals surface area contributed by atoms with Gasteiger partial charge in [0.1, 0.15) is 18.3 Å². The van der Waals surface area contributed by atoms with E-state index >= 15 is 0 Å². The van der Waals surface area contributed by atoms with Gasteiger partial charge in [-0.05, 0) is 34.6 Å². The second-order valence-electron chi connectivity index (χ2n) is 5.37. The lowest BCUT2D eigenvalue weighted by Crippen LogP contribution is -2.35. The van der Waals surface area contributed by atoms with Crippen LogP contribution in [0.25, 0.3) is 0 Å². The smallest absolute Gasteiger partial charge is 0.431 e. The zero-order chi connectivity index (χ0) is 13.1. The molecule has 0 aromatic carbocycles. The van der Waals surface area contributed by atoms with E-state index in [0.29, 0.717) is 6.61 Å².